The molecule has 0 unspecified atom stereocenters. The van der Waals surface area contributed by atoms with Crippen molar-refractivity contribution in [1.82, 2.24) is 14.6 Å². The number of rotatable bonds is 4. The van der Waals surface area contributed by atoms with Crippen LogP contribution in [0.4, 0.5) is 0 Å². The van der Waals surface area contributed by atoms with Gasteiger partial charge in [0.1, 0.15) is 11.4 Å². The fourth-order valence-electron chi connectivity index (χ4n) is 2.34. The van der Waals surface area contributed by atoms with E-state index >= 15 is 0 Å². The van der Waals surface area contributed by atoms with Gasteiger partial charge in [-0.1, -0.05) is 12.1 Å². The van der Waals surface area contributed by atoms with Crippen molar-refractivity contribution in [3.8, 4) is 23.1 Å². The molecule has 5 nitrogen and oxygen atoms in total. The Morgan fingerprint density at radius 1 is 1.29 bits per heavy atom. The average molecular weight is 278 g/mol. The van der Waals surface area contributed by atoms with Gasteiger partial charge in [-0.3, -0.25) is 0 Å². The number of hydrogen-bond donors (Lipinski definition) is 0. The highest BCUT2D eigenvalue weighted by atomic mass is 16.5. The maximum Gasteiger partial charge on any atom is 0.159 e. The van der Waals surface area contributed by atoms with Crippen LogP contribution in [-0.4, -0.2) is 21.2 Å². The second-order valence-corrected chi connectivity index (χ2v) is 4.48. The molecule has 0 aliphatic rings. The van der Waals surface area contributed by atoms with Crippen molar-refractivity contribution in [1.29, 1.82) is 5.26 Å². The van der Waals surface area contributed by atoms with E-state index < -0.39 is 0 Å². The lowest BCUT2D eigenvalue weighted by atomic mass is 10.0. The van der Waals surface area contributed by atoms with E-state index in [9.17, 15) is 0 Å². The van der Waals surface area contributed by atoms with Gasteiger partial charge in [0.25, 0.3) is 0 Å². The largest absolute Gasteiger partial charge is 0.493 e. The molecule has 2 heterocycles. The Balaban J connectivity index is 2.25. The summed E-state index contributed by atoms with van der Waals surface area (Å²) in [6.45, 7) is 2.52. The Hall–Kier alpha value is -2.87. The van der Waals surface area contributed by atoms with E-state index in [-0.39, 0.29) is 6.42 Å². The van der Waals surface area contributed by atoms with Crippen LogP contribution in [0.3, 0.4) is 0 Å². The van der Waals surface area contributed by atoms with E-state index in [0.717, 1.165) is 22.6 Å². The van der Waals surface area contributed by atoms with E-state index in [2.05, 4.69) is 16.2 Å². The molecule has 0 aliphatic heterocycles. The van der Waals surface area contributed by atoms with Crippen LogP contribution in [0.1, 0.15) is 12.5 Å². The number of benzene rings is 1. The second kappa shape index (κ2) is 5.63. The smallest absolute Gasteiger partial charge is 0.159 e. The Bertz CT molecular complexity index is 817. The summed E-state index contributed by atoms with van der Waals surface area (Å²) in [6.07, 6.45) is 3.79. The van der Waals surface area contributed by atoms with Crippen molar-refractivity contribution in [2.45, 2.75) is 13.3 Å². The van der Waals surface area contributed by atoms with Gasteiger partial charge < -0.3 is 4.74 Å². The molecule has 0 fully saturated rings. The zero-order valence-corrected chi connectivity index (χ0v) is 11.7. The predicted molar refractivity (Wildman–Crippen MR) is 78.9 cm³/mol. The molecule has 3 rings (SSSR count). The van der Waals surface area contributed by atoms with Crippen molar-refractivity contribution in [3.63, 3.8) is 0 Å². The molecular formula is C16H14N4O. The summed E-state index contributed by atoms with van der Waals surface area (Å²) in [5.74, 6) is 0.766. The number of aromatic nitrogens is 3. The lowest BCUT2D eigenvalue weighted by Gasteiger charge is -2.08. The van der Waals surface area contributed by atoms with Crippen LogP contribution < -0.4 is 4.74 Å². The van der Waals surface area contributed by atoms with Crippen LogP contribution in [0.15, 0.2) is 42.7 Å². The monoisotopic (exact) mass is 278 g/mol. The first-order valence-electron chi connectivity index (χ1n) is 6.76. The van der Waals surface area contributed by atoms with Crippen molar-refractivity contribution in [3.05, 3.63) is 48.3 Å². The Labute approximate surface area is 122 Å². The highest BCUT2D eigenvalue weighted by molar-refractivity contribution is 5.75. The molecule has 21 heavy (non-hydrogen) atoms. The standard InChI is InChI=1S/C16H14N4O/c1-2-21-14-7-4-3-6-12(14)15-13(8-9-17)16-18-10-5-11-20(16)19-15/h3-7,10-11H,2,8H2,1H3. The fourth-order valence-corrected chi connectivity index (χ4v) is 2.34. The lowest BCUT2D eigenvalue weighted by molar-refractivity contribution is 0.341. The third-order valence-electron chi connectivity index (χ3n) is 3.19. The zero-order valence-electron chi connectivity index (χ0n) is 11.7. The molecule has 0 bridgehead atoms. The second-order valence-electron chi connectivity index (χ2n) is 4.48. The van der Waals surface area contributed by atoms with Gasteiger partial charge in [0, 0.05) is 23.5 Å². The van der Waals surface area contributed by atoms with Gasteiger partial charge in [0.2, 0.25) is 0 Å². The number of hydrogen-bond acceptors (Lipinski definition) is 4. The molecular weight excluding hydrogens is 264 g/mol. The molecule has 2 aromatic heterocycles. The molecule has 0 amide bonds. The number of fused-ring (bicyclic) bond motifs is 1. The SMILES string of the molecule is CCOc1ccccc1-c1nn2cccnc2c1CC#N. The van der Waals surface area contributed by atoms with Crippen LogP contribution in [-0.2, 0) is 6.42 Å². The van der Waals surface area contributed by atoms with Crippen molar-refractivity contribution >= 4 is 5.65 Å². The van der Waals surface area contributed by atoms with Gasteiger partial charge in [-0.2, -0.15) is 10.4 Å². The summed E-state index contributed by atoms with van der Waals surface area (Å²) in [5.41, 5.74) is 3.17. The molecule has 1 aromatic carbocycles. The van der Waals surface area contributed by atoms with Crippen molar-refractivity contribution in [2.75, 3.05) is 6.61 Å². The maximum absolute atomic E-state index is 9.10. The number of nitriles is 1. The van der Waals surface area contributed by atoms with E-state index in [4.69, 9.17) is 10.00 Å². The van der Waals surface area contributed by atoms with E-state index in [1.807, 2.05) is 43.5 Å². The summed E-state index contributed by atoms with van der Waals surface area (Å²) < 4.78 is 7.37. The molecule has 3 aromatic rings. The normalized spacial score (nSPS) is 10.5. The van der Waals surface area contributed by atoms with Crippen molar-refractivity contribution < 1.29 is 4.74 Å². The summed E-state index contributed by atoms with van der Waals surface area (Å²) >= 11 is 0. The molecule has 0 saturated heterocycles. The van der Waals surface area contributed by atoms with Gasteiger partial charge in [0.05, 0.1) is 19.1 Å². The molecule has 0 saturated carbocycles. The Morgan fingerprint density at radius 2 is 2.14 bits per heavy atom. The van der Waals surface area contributed by atoms with Crippen LogP contribution >= 0.6 is 0 Å². The van der Waals surface area contributed by atoms with Gasteiger partial charge >= 0.3 is 0 Å². The number of ether oxygens (including phenoxy) is 1. The molecule has 0 atom stereocenters. The molecule has 0 radical (unpaired) electrons. The van der Waals surface area contributed by atoms with Crippen LogP contribution in [0.5, 0.6) is 5.75 Å². The first-order chi connectivity index (χ1) is 10.3. The topological polar surface area (TPSA) is 63.2 Å². The molecule has 0 aliphatic carbocycles. The minimum Gasteiger partial charge on any atom is -0.493 e. The van der Waals surface area contributed by atoms with E-state index in [1.165, 1.54) is 0 Å². The molecule has 0 N–H and O–H groups in total. The highest BCUT2D eigenvalue weighted by Gasteiger charge is 2.18. The molecule has 5 heteroatoms. The fraction of sp³-hybridized carbons (Fsp3) is 0.188. The van der Waals surface area contributed by atoms with Crippen molar-refractivity contribution in [2.24, 2.45) is 0 Å². The average Bonchev–Trinajstić information content (AvgIpc) is 2.88. The van der Waals surface area contributed by atoms with Gasteiger partial charge in [-0.05, 0) is 25.1 Å². The van der Waals surface area contributed by atoms with Gasteiger partial charge in [0.15, 0.2) is 5.65 Å². The highest BCUT2D eigenvalue weighted by Crippen LogP contribution is 2.32. The minimum atomic E-state index is 0.260. The van der Waals surface area contributed by atoms with Crippen LogP contribution in [0, 0.1) is 11.3 Å². The van der Waals surface area contributed by atoms with Gasteiger partial charge in [-0.15, -0.1) is 0 Å². The molecule has 104 valence electrons. The van der Waals surface area contributed by atoms with E-state index in [0.29, 0.717) is 12.3 Å². The Kier molecular flexibility index (Phi) is 3.52. The van der Waals surface area contributed by atoms with Crippen LogP contribution in [0.2, 0.25) is 0 Å². The lowest BCUT2D eigenvalue weighted by Crippen LogP contribution is -1.95. The zero-order chi connectivity index (χ0) is 14.7. The number of para-hydroxylation sites is 1. The van der Waals surface area contributed by atoms with Gasteiger partial charge in [-0.25, -0.2) is 9.50 Å². The first-order valence-corrected chi connectivity index (χ1v) is 6.76. The summed E-state index contributed by atoms with van der Waals surface area (Å²) in [4.78, 5) is 4.33. The summed E-state index contributed by atoms with van der Waals surface area (Å²) in [5, 5.41) is 13.7. The first kappa shape index (κ1) is 13.1. The summed E-state index contributed by atoms with van der Waals surface area (Å²) in [6, 6.07) is 11.7. The number of nitrogens with zero attached hydrogens (tertiary/aromatic N) is 4. The quantitative estimate of drug-likeness (QED) is 0.736. The predicted octanol–water partition coefficient (Wildman–Crippen LogP) is 2.86. The maximum atomic E-state index is 9.10. The third kappa shape index (κ3) is 2.32. The van der Waals surface area contributed by atoms with E-state index in [1.54, 1.807) is 10.7 Å². The third-order valence-corrected chi connectivity index (χ3v) is 3.19. The minimum absolute atomic E-state index is 0.260. The molecule has 0 spiro atoms. The van der Waals surface area contributed by atoms with Crippen LogP contribution in [0.25, 0.3) is 16.9 Å². The Morgan fingerprint density at radius 3 is 2.95 bits per heavy atom. The summed E-state index contributed by atoms with van der Waals surface area (Å²) in [7, 11) is 0.